The van der Waals surface area contributed by atoms with Gasteiger partial charge in [-0.25, -0.2) is 0 Å². The molecular formula is C14H20NO-. The van der Waals surface area contributed by atoms with E-state index in [1.807, 2.05) is 35.2 Å². The van der Waals surface area contributed by atoms with Crippen LogP contribution in [0.5, 0.6) is 0 Å². The molecule has 1 N–H and O–H groups in total. The number of nitrogens with zero attached hydrogens (tertiary/aromatic N) is 1. The van der Waals surface area contributed by atoms with Crippen molar-refractivity contribution < 1.29 is 5.11 Å². The van der Waals surface area contributed by atoms with Crippen LogP contribution in [-0.2, 0) is 5.60 Å². The summed E-state index contributed by atoms with van der Waals surface area (Å²) in [5.74, 6) is 0. The number of likely N-dealkylation sites (tertiary alicyclic amines) is 1. The smallest absolute Gasteiger partial charge is 0.0969 e. The van der Waals surface area contributed by atoms with Gasteiger partial charge in [-0.05, 0) is 25.1 Å². The zero-order valence-corrected chi connectivity index (χ0v) is 10.1. The standard InChI is InChI=1S/C14H20NO/c1-13(2)11-15(3)10-9-14(13,16)12-7-5-4-6-8-12/h4-8,16H,3,9-11H2,1-2H3/q-1. The van der Waals surface area contributed by atoms with Crippen molar-refractivity contribution in [2.45, 2.75) is 25.9 Å². The van der Waals surface area contributed by atoms with E-state index in [0.29, 0.717) is 0 Å². The van der Waals surface area contributed by atoms with Crippen molar-refractivity contribution in [3.8, 4) is 0 Å². The molecular weight excluding hydrogens is 198 g/mol. The molecule has 0 aliphatic carbocycles. The average molecular weight is 218 g/mol. The molecule has 2 nitrogen and oxygen atoms in total. The lowest BCUT2D eigenvalue weighted by Gasteiger charge is -2.52. The first kappa shape index (κ1) is 11.6. The normalized spacial score (nSPS) is 30.2. The predicted octanol–water partition coefficient (Wildman–Crippen LogP) is 2.40. The molecule has 1 saturated heterocycles. The molecule has 16 heavy (non-hydrogen) atoms. The second kappa shape index (κ2) is 3.86. The average Bonchev–Trinajstić information content (AvgIpc) is 2.25. The minimum absolute atomic E-state index is 0.172. The topological polar surface area (TPSA) is 23.5 Å². The maximum atomic E-state index is 10.9. The van der Waals surface area contributed by atoms with Gasteiger partial charge in [-0.3, -0.25) is 7.05 Å². The summed E-state index contributed by atoms with van der Waals surface area (Å²) in [6.07, 6.45) is 0.744. The Morgan fingerprint density at radius 2 is 1.88 bits per heavy atom. The Labute approximate surface area is 97.9 Å². The molecule has 1 aliphatic heterocycles. The molecule has 1 atom stereocenters. The minimum Gasteiger partial charge on any atom is -0.459 e. The summed E-state index contributed by atoms with van der Waals surface area (Å²) < 4.78 is 0. The molecule has 0 aromatic heterocycles. The summed E-state index contributed by atoms with van der Waals surface area (Å²) in [6.45, 7) is 5.88. The van der Waals surface area contributed by atoms with Crippen LogP contribution in [0.2, 0.25) is 0 Å². The number of hydrogen-bond donors (Lipinski definition) is 1. The van der Waals surface area contributed by atoms with E-state index >= 15 is 0 Å². The molecule has 1 unspecified atom stereocenters. The van der Waals surface area contributed by atoms with E-state index in [2.05, 4.69) is 20.9 Å². The molecule has 2 heteroatoms. The van der Waals surface area contributed by atoms with E-state index < -0.39 is 5.60 Å². The van der Waals surface area contributed by atoms with Gasteiger partial charge >= 0.3 is 0 Å². The first-order chi connectivity index (χ1) is 7.46. The van der Waals surface area contributed by atoms with Crippen LogP contribution in [0.3, 0.4) is 0 Å². The maximum Gasteiger partial charge on any atom is 0.0969 e. The summed E-state index contributed by atoms with van der Waals surface area (Å²) in [4.78, 5) is 2.04. The Bertz CT molecular complexity index is 360. The van der Waals surface area contributed by atoms with Crippen molar-refractivity contribution in [1.29, 1.82) is 0 Å². The second-order valence-corrected chi connectivity index (χ2v) is 5.41. The van der Waals surface area contributed by atoms with Crippen LogP contribution >= 0.6 is 0 Å². The van der Waals surface area contributed by atoms with Gasteiger partial charge in [0.15, 0.2) is 0 Å². The van der Waals surface area contributed by atoms with E-state index in [1.54, 1.807) is 0 Å². The molecule has 1 fully saturated rings. The van der Waals surface area contributed by atoms with Gasteiger partial charge in [0.2, 0.25) is 0 Å². The maximum absolute atomic E-state index is 10.9. The van der Waals surface area contributed by atoms with Crippen molar-refractivity contribution in [2.24, 2.45) is 5.41 Å². The number of hydrogen-bond acceptors (Lipinski definition) is 2. The van der Waals surface area contributed by atoms with Crippen LogP contribution in [0.4, 0.5) is 0 Å². The molecule has 1 aliphatic rings. The molecule has 1 aromatic carbocycles. The molecule has 0 bridgehead atoms. The van der Waals surface area contributed by atoms with Crippen molar-refractivity contribution >= 4 is 0 Å². The molecule has 0 amide bonds. The monoisotopic (exact) mass is 218 g/mol. The lowest BCUT2D eigenvalue weighted by Crippen LogP contribution is -2.53. The van der Waals surface area contributed by atoms with Crippen LogP contribution in [0.15, 0.2) is 30.3 Å². The van der Waals surface area contributed by atoms with Gasteiger partial charge in [0, 0.05) is 5.41 Å². The zero-order chi connectivity index (χ0) is 11.8. The van der Waals surface area contributed by atoms with E-state index in [1.165, 1.54) is 0 Å². The van der Waals surface area contributed by atoms with Crippen LogP contribution in [0, 0.1) is 12.5 Å². The Morgan fingerprint density at radius 1 is 1.25 bits per heavy atom. The SMILES string of the molecule is [CH2-]N1CCC(O)(c2ccccc2)C(C)(C)C1. The fourth-order valence-electron chi connectivity index (χ4n) is 2.68. The first-order valence-electron chi connectivity index (χ1n) is 5.79. The van der Waals surface area contributed by atoms with Crippen molar-refractivity contribution in [3.63, 3.8) is 0 Å². The summed E-state index contributed by atoms with van der Waals surface area (Å²) in [5.41, 5.74) is 0.115. The third-order valence-corrected chi connectivity index (χ3v) is 3.78. The Hall–Kier alpha value is -0.860. The van der Waals surface area contributed by atoms with Crippen molar-refractivity contribution in [2.75, 3.05) is 13.1 Å². The molecule has 0 saturated carbocycles. The fraction of sp³-hybridized carbons (Fsp3) is 0.500. The quantitative estimate of drug-likeness (QED) is 0.732. The second-order valence-electron chi connectivity index (χ2n) is 5.41. The largest absolute Gasteiger partial charge is 0.459 e. The van der Waals surface area contributed by atoms with Gasteiger partial charge in [0.05, 0.1) is 5.60 Å². The summed E-state index contributed by atoms with van der Waals surface area (Å²) >= 11 is 0. The molecule has 88 valence electrons. The number of benzene rings is 1. The molecule has 2 rings (SSSR count). The number of piperidine rings is 1. The Morgan fingerprint density at radius 3 is 2.44 bits per heavy atom. The van der Waals surface area contributed by atoms with Crippen LogP contribution in [0.1, 0.15) is 25.8 Å². The van der Waals surface area contributed by atoms with E-state index in [-0.39, 0.29) is 5.41 Å². The van der Waals surface area contributed by atoms with Crippen LogP contribution in [0.25, 0.3) is 0 Å². The predicted molar refractivity (Wildman–Crippen MR) is 65.7 cm³/mol. The molecule has 0 radical (unpaired) electrons. The van der Waals surface area contributed by atoms with E-state index in [9.17, 15) is 5.11 Å². The van der Waals surface area contributed by atoms with Crippen LogP contribution in [-0.4, -0.2) is 23.1 Å². The van der Waals surface area contributed by atoms with Gasteiger partial charge in [-0.2, -0.15) is 0 Å². The fourth-order valence-corrected chi connectivity index (χ4v) is 2.68. The third-order valence-electron chi connectivity index (χ3n) is 3.78. The highest BCUT2D eigenvalue weighted by Gasteiger charge is 2.46. The van der Waals surface area contributed by atoms with Gasteiger partial charge in [-0.1, -0.05) is 44.2 Å². The molecule has 1 aromatic rings. The van der Waals surface area contributed by atoms with Crippen LogP contribution < -0.4 is 0 Å². The van der Waals surface area contributed by atoms with Gasteiger partial charge < -0.3 is 10.0 Å². The van der Waals surface area contributed by atoms with Crippen molar-refractivity contribution in [1.82, 2.24) is 4.90 Å². The van der Waals surface area contributed by atoms with E-state index in [0.717, 1.165) is 25.1 Å². The highest BCUT2D eigenvalue weighted by molar-refractivity contribution is 5.26. The number of aliphatic hydroxyl groups is 1. The Balaban J connectivity index is 2.37. The molecule has 0 spiro atoms. The van der Waals surface area contributed by atoms with Crippen molar-refractivity contribution in [3.05, 3.63) is 42.9 Å². The first-order valence-corrected chi connectivity index (χ1v) is 5.79. The van der Waals surface area contributed by atoms with Gasteiger partial charge in [0.25, 0.3) is 0 Å². The minimum atomic E-state index is -0.734. The zero-order valence-electron chi connectivity index (χ0n) is 10.1. The highest BCUT2D eigenvalue weighted by Crippen LogP contribution is 2.45. The Kier molecular flexibility index (Phi) is 2.81. The molecule has 1 heterocycles. The van der Waals surface area contributed by atoms with Gasteiger partial charge in [0.1, 0.15) is 0 Å². The highest BCUT2D eigenvalue weighted by atomic mass is 16.3. The summed E-state index contributed by atoms with van der Waals surface area (Å²) in [6, 6.07) is 9.98. The lowest BCUT2D eigenvalue weighted by atomic mass is 9.66. The summed E-state index contributed by atoms with van der Waals surface area (Å²) in [5, 5.41) is 10.9. The number of rotatable bonds is 1. The van der Waals surface area contributed by atoms with E-state index in [4.69, 9.17) is 0 Å². The summed E-state index contributed by atoms with van der Waals surface area (Å²) in [7, 11) is 3.97. The lowest BCUT2D eigenvalue weighted by molar-refractivity contribution is -0.117. The van der Waals surface area contributed by atoms with Gasteiger partial charge in [-0.15, -0.1) is 0 Å². The third kappa shape index (κ3) is 1.76.